The van der Waals surface area contributed by atoms with Crippen LogP contribution >= 0.6 is 0 Å². The molecule has 4 aromatic rings. The van der Waals surface area contributed by atoms with Crippen LogP contribution in [0.15, 0.2) is 94.1 Å². The van der Waals surface area contributed by atoms with Gasteiger partial charge in [0.1, 0.15) is 5.69 Å². The van der Waals surface area contributed by atoms with Crippen LogP contribution in [0.2, 0.25) is 0 Å². The number of anilines is 1. The normalized spacial score (nSPS) is 11.6. The number of sulfonamides is 1. The van der Waals surface area contributed by atoms with Gasteiger partial charge in [0.15, 0.2) is 11.6 Å². The number of nitrogens with zero attached hydrogens (tertiary/aromatic N) is 3. The lowest BCUT2D eigenvalue weighted by Crippen LogP contribution is -2.13. The van der Waals surface area contributed by atoms with Crippen molar-refractivity contribution in [2.24, 2.45) is 10.2 Å². The number of aromatic carboxylic acids is 1. The van der Waals surface area contributed by atoms with Crippen LogP contribution in [-0.4, -0.2) is 29.6 Å². The van der Waals surface area contributed by atoms with Gasteiger partial charge in [-0.05, 0) is 42.5 Å². The highest BCUT2D eigenvalue weighted by atomic mass is 32.2. The number of nitrogens with one attached hydrogen (secondary N) is 1. The van der Waals surface area contributed by atoms with Crippen molar-refractivity contribution in [1.82, 2.24) is 4.98 Å². The predicted octanol–water partition coefficient (Wildman–Crippen LogP) is 4.85. The number of carboxylic acids is 1. The fraction of sp³-hybridized carbons (Fsp3) is 0. The number of phenols is 1. The van der Waals surface area contributed by atoms with Crippen LogP contribution in [0.25, 0.3) is 10.8 Å². The Kier molecular flexibility index (Phi) is 5.52. The molecule has 0 spiro atoms. The summed E-state index contributed by atoms with van der Waals surface area (Å²) in [6.07, 6.45) is 1.53. The minimum Gasteiger partial charge on any atom is -0.505 e. The standard InChI is InChI=1S/C22H16N4O5S/c27-21-17-6-2-1-5-16(17)19(13-18(21)24-25-20-7-3-4-12-23-20)32(30,31)26-15-10-8-14(9-11-15)22(28)29/h1-13,26-27H,(H,28,29). The molecule has 160 valence electrons. The molecule has 0 bridgehead atoms. The number of carbonyl (C=O) groups is 1. The Morgan fingerprint density at radius 2 is 1.59 bits per heavy atom. The Hall–Kier alpha value is -4.31. The third-order valence-electron chi connectivity index (χ3n) is 4.54. The van der Waals surface area contributed by atoms with E-state index in [1.807, 2.05) is 0 Å². The molecule has 0 aliphatic carbocycles. The molecular formula is C22H16N4O5S. The van der Waals surface area contributed by atoms with Crippen molar-refractivity contribution in [1.29, 1.82) is 0 Å². The quantitative estimate of drug-likeness (QED) is 0.360. The summed E-state index contributed by atoms with van der Waals surface area (Å²) < 4.78 is 28.8. The van der Waals surface area contributed by atoms with E-state index < -0.39 is 16.0 Å². The molecule has 1 heterocycles. The first-order chi connectivity index (χ1) is 15.3. The van der Waals surface area contributed by atoms with Crippen LogP contribution in [0.5, 0.6) is 5.75 Å². The van der Waals surface area contributed by atoms with Gasteiger partial charge in [0.05, 0.1) is 10.5 Å². The first-order valence-corrected chi connectivity index (χ1v) is 10.8. The van der Waals surface area contributed by atoms with E-state index in [0.717, 1.165) is 0 Å². The average molecular weight is 448 g/mol. The summed E-state index contributed by atoms with van der Waals surface area (Å²) in [5.74, 6) is -1.04. The fourth-order valence-corrected chi connectivity index (χ4v) is 4.31. The zero-order chi connectivity index (χ0) is 22.7. The number of azo groups is 1. The molecule has 3 aromatic carbocycles. The summed E-state index contributed by atoms with van der Waals surface area (Å²) in [4.78, 5) is 14.9. The number of benzene rings is 3. The molecule has 0 saturated carbocycles. The molecule has 1 aromatic heterocycles. The second-order valence-electron chi connectivity index (χ2n) is 6.66. The molecule has 0 radical (unpaired) electrons. The van der Waals surface area contributed by atoms with Crippen LogP contribution in [-0.2, 0) is 10.0 Å². The Morgan fingerprint density at radius 1 is 0.906 bits per heavy atom. The summed E-state index contributed by atoms with van der Waals surface area (Å²) in [5, 5.41) is 28.2. The maximum atomic E-state index is 13.2. The minimum absolute atomic E-state index is 0.0280. The van der Waals surface area contributed by atoms with E-state index in [0.29, 0.717) is 5.82 Å². The molecule has 10 heteroatoms. The molecule has 3 N–H and O–H groups in total. The van der Waals surface area contributed by atoms with E-state index in [1.54, 1.807) is 42.5 Å². The monoisotopic (exact) mass is 448 g/mol. The highest BCUT2D eigenvalue weighted by Crippen LogP contribution is 2.40. The average Bonchev–Trinajstić information content (AvgIpc) is 2.79. The largest absolute Gasteiger partial charge is 0.505 e. The van der Waals surface area contributed by atoms with Crippen molar-refractivity contribution in [3.63, 3.8) is 0 Å². The maximum Gasteiger partial charge on any atom is 0.335 e. The molecule has 4 rings (SSSR count). The van der Waals surface area contributed by atoms with Crippen LogP contribution < -0.4 is 4.72 Å². The molecule has 0 saturated heterocycles. The lowest BCUT2D eigenvalue weighted by molar-refractivity contribution is 0.0697. The lowest BCUT2D eigenvalue weighted by Gasteiger charge is -2.13. The maximum absolute atomic E-state index is 13.2. The molecule has 0 aliphatic heterocycles. The van der Waals surface area contributed by atoms with E-state index in [2.05, 4.69) is 19.9 Å². The van der Waals surface area contributed by atoms with Crippen molar-refractivity contribution in [2.45, 2.75) is 4.90 Å². The van der Waals surface area contributed by atoms with Gasteiger partial charge in [0, 0.05) is 22.7 Å². The number of fused-ring (bicyclic) bond motifs is 1. The van der Waals surface area contributed by atoms with Gasteiger partial charge in [-0.25, -0.2) is 18.2 Å². The summed E-state index contributed by atoms with van der Waals surface area (Å²) >= 11 is 0. The summed E-state index contributed by atoms with van der Waals surface area (Å²) in [7, 11) is -4.12. The van der Waals surface area contributed by atoms with Crippen molar-refractivity contribution in [3.05, 3.63) is 84.6 Å². The molecule has 0 aliphatic rings. The molecule has 32 heavy (non-hydrogen) atoms. The zero-order valence-electron chi connectivity index (χ0n) is 16.4. The van der Waals surface area contributed by atoms with Crippen molar-refractivity contribution in [2.75, 3.05) is 4.72 Å². The SMILES string of the molecule is O=C(O)c1ccc(NS(=O)(=O)c2cc(N=Nc3ccccn3)c(O)c3ccccc23)cc1. The van der Waals surface area contributed by atoms with Gasteiger partial charge >= 0.3 is 5.97 Å². The van der Waals surface area contributed by atoms with Crippen LogP contribution in [0.4, 0.5) is 17.2 Å². The molecule has 0 unspecified atom stereocenters. The van der Waals surface area contributed by atoms with Crippen molar-refractivity contribution >= 4 is 44.0 Å². The highest BCUT2D eigenvalue weighted by molar-refractivity contribution is 7.93. The first-order valence-electron chi connectivity index (χ1n) is 9.29. The molecule has 0 atom stereocenters. The summed E-state index contributed by atoms with van der Waals surface area (Å²) in [6, 6.07) is 18.0. The number of phenolic OH excluding ortho intramolecular Hbond substituents is 1. The second-order valence-corrected chi connectivity index (χ2v) is 8.31. The molecular weight excluding hydrogens is 432 g/mol. The third kappa shape index (κ3) is 4.25. The van der Waals surface area contributed by atoms with Gasteiger partial charge in [-0.2, -0.15) is 0 Å². The Morgan fingerprint density at radius 3 is 2.25 bits per heavy atom. The summed E-state index contributed by atoms with van der Waals surface area (Å²) in [6.45, 7) is 0. The number of aromatic nitrogens is 1. The second kappa shape index (κ2) is 8.44. The van der Waals surface area contributed by atoms with E-state index in [4.69, 9.17) is 5.11 Å². The van der Waals surface area contributed by atoms with Gasteiger partial charge in [-0.15, -0.1) is 10.2 Å². The zero-order valence-corrected chi connectivity index (χ0v) is 17.2. The van der Waals surface area contributed by atoms with Gasteiger partial charge in [-0.3, -0.25) is 4.72 Å². The predicted molar refractivity (Wildman–Crippen MR) is 118 cm³/mol. The number of carboxylic acid groups (broad SMARTS) is 1. The number of hydrogen-bond acceptors (Lipinski definition) is 7. The van der Waals surface area contributed by atoms with E-state index >= 15 is 0 Å². The van der Waals surface area contributed by atoms with E-state index in [-0.39, 0.29) is 38.4 Å². The van der Waals surface area contributed by atoms with Crippen LogP contribution in [0, 0.1) is 0 Å². The smallest absolute Gasteiger partial charge is 0.335 e. The van der Waals surface area contributed by atoms with Crippen LogP contribution in [0.1, 0.15) is 10.4 Å². The Balaban J connectivity index is 1.79. The topological polar surface area (TPSA) is 141 Å². The summed E-state index contributed by atoms with van der Waals surface area (Å²) in [5.41, 5.74) is 0.167. The van der Waals surface area contributed by atoms with Gasteiger partial charge in [0.2, 0.25) is 0 Å². The third-order valence-corrected chi connectivity index (χ3v) is 5.96. The van der Waals surface area contributed by atoms with Gasteiger partial charge in [0.25, 0.3) is 10.0 Å². The number of aromatic hydroxyl groups is 1. The number of hydrogen-bond donors (Lipinski definition) is 3. The van der Waals surface area contributed by atoms with Gasteiger partial charge in [-0.1, -0.05) is 30.3 Å². The molecule has 0 amide bonds. The fourth-order valence-electron chi connectivity index (χ4n) is 3.02. The van der Waals surface area contributed by atoms with Crippen molar-refractivity contribution < 1.29 is 23.4 Å². The number of pyridine rings is 1. The first kappa shape index (κ1) is 20.9. The van der Waals surface area contributed by atoms with Crippen LogP contribution in [0.3, 0.4) is 0 Å². The highest BCUT2D eigenvalue weighted by Gasteiger charge is 2.22. The van der Waals surface area contributed by atoms with E-state index in [1.165, 1.54) is 36.5 Å². The Labute approximate surface area is 182 Å². The van der Waals surface area contributed by atoms with Gasteiger partial charge < -0.3 is 10.2 Å². The van der Waals surface area contributed by atoms with E-state index in [9.17, 15) is 18.3 Å². The lowest BCUT2D eigenvalue weighted by atomic mass is 10.1. The molecule has 0 fully saturated rings. The van der Waals surface area contributed by atoms with Crippen molar-refractivity contribution in [3.8, 4) is 5.75 Å². The minimum atomic E-state index is -4.12. The number of rotatable bonds is 6. The Bertz CT molecular complexity index is 1440. The molecule has 9 nitrogen and oxygen atoms in total.